The van der Waals surface area contributed by atoms with Crippen molar-refractivity contribution in [1.82, 2.24) is 10.1 Å². The van der Waals surface area contributed by atoms with Crippen LogP contribution in [0.5, 0.6) is 0 Å². The maximum absolute atomic E-state index is 13.5. The van der Waals surface area contributed by atoms with E-state index in [9.17, 15) is 18.0 Å². The van der Waals surface area contributed by atoms with Gasteiger partial charge in [0, 0.05) is 24.1 Å². The van der Waals surface area contributed by atoms with Crippen molar-refractivity contribution in [1.29, 1.82) is 0 Å². The van der Waals surface area contributed by atoms with Crippen molar-refractivity contribution >= 4 is 34.2 Å². The molecule has 1 N–H and O–H groups in total. The number of aryl methyl sites for hydroxylation is 1. The van der Waals surface area contributed by atoms with E-state index in [1.54, 1.807) is 22.6 Å². The number of rotatable bonds is 5. The molecule has 0 radical (unpaired) electrons. The maximum atomic E-state index is 13.5. The maximum Gasteiger partial charge on any atom is 0.227 e. The van der Waals surface area contributed by atoms with E-state index in [0.29, 0.717) is 5.56 Å². The van der Waals surface area contributed by atoms with Gasteiger partial charge in [-0.05, 0) is 59.0 Å². The van der Waals surface area contributed by atoms with Gasteiger partial charge in [0.1, 0.15) is 17.5 Å². The quantitative estimate of drug-likeness (QED) is 0.443. The average molecular weight is 473 g/mol. The zero-order valence-corrected chi connectivity index (χ0v) is 15.3. The Bertz CT molecular complexity index is 922. The summed E-state index contributed by atoms with van der Waals surface area (Å²) in [5, 5.41) is 6.18. The van der Waals surface area contributed by atoms with Crippen molar-refractivity contribution in [2.45, 2.75) is 12.8 Å². The van der Waals surface area contributed by atoms with E-state index < -0.39 is 17.5 Å². The van der Waals surface area contributed by atoms with Crippen LogP contribution in [0.4, 0.5) is 18.9 Å². The molecule has 2 aromatic carbocycles. The van der Waals surface area contributed by atoms with E-state index in [1.165, 1.54) is 24.3 Å². The fourth-order valence-corrected chi connectivity index (χ4v) is 2.46. The molecule has 0 aliphatic carbocycles. The Hall–Kier alpha value is -2.43. The van der Waals surface area contributed by atoms with Gasteiger partial charge in [-0.1, -0.05) is 5.16 Å². The van der Waals surface area contributed by atoms with Gasteiger partial charge in [-0.15, -0.1) is 0 Å². The van der Waals surface area contributed by atoms with E-state index in [4.69, 9.17) is 4.52 Å². The van der Waals surface area contributed by atoms with Crippen molar-refractivity contribution in [3.8, 4) is 11.4 Å². The number of carbonyl (C=O) groups excluding carboxylic acids is 1. The number of hydrogen-bond acceptors (Lipinski definition) is 4. The summed E-state index contributed by atoms with van der Waals surface area (Å²) in [6, 6.07) is 7.66. The second kappa shape index (κ2) is 7.85. The number of nitrogens with zero attached hydrogens (tertiary/aromatic N) is 2. The van der Waals surface area contributed by atoms with Gasteiger partial charge in [-0.25, -0.2) is 13.2 Å². The Morgan fingerprint density at radius 3 is 2.42 bits per heavy atom. The zero-order chi connectivity index (χ0) is 18.7. The van der Waals surface area contributed by atoms with Gasteiger partial charge in [-0.2, -0.15) is 4.98 Å². The van der Waals surface area contributed by atoms with Crippen molar-refractivity contribution in [3.05, 3.63) is 63.3 Å². The van der Waals surface area contributed by atoms with Gasteiger partial charge in [0.2, 0.25) is 17.6 Å². The molecule has 1 amide bonds. The van der Waals surface area contributed by atoms with Crippen LogP contribution in [-0.2, 0) is 11.2 Å². The van der Waals surface area contributed by atoms with E-state index in [2.05, 4.69) is 15.5 Å². The molecule has 0 spiro atoms. The lowest BCUT2D eigenvalue weighted by Crippen LogP contribution is -2.13. The van der Waals surface area contributed by atoms with E-state index in [0.717, 1.165) is 12.1 Å². The summed E-state index contributed by atoms with van der Waals surface area (Å²) >= 11 is 1.54. The molecule has 0 unspecified atom stereocenters. The monoisotopic (exact) mass is 473 g/mol. The van der Waals surface area contributed by atoms with Gasteiger partial charge >= 0.3 is 0 Å². The topological polar surface area (TPSA) is 68.0 Å². The fourth-order valence-electron chi connectivity index (χ4n) is 2.14. The summed E-state index contributed by atoms with van der Waals surface area (Å²) in [4.78, 5) is 16.0. The standard InChI is InChI=1S/C17H11F3IN3O2/c18-10-3-1-9(2-4-10)17-23-15(26-24-17)6-5-14(25)22-11-7-12(19)16(21)13(20)8-11/h1-4,7-8H,5-6H2,(H,22,25). The second-order valence-corrected chi connectivity index (χ2v) is 6.40. The van der Waals surface area contributed by atoms with Gasteiger partial charge < -0.3 is 9.84 Å². The van der Waals surface area contributed by atoms with Crippen LogP contribution in [0.25, 0.3) is 11.4 Å². The second-order valence-electron chi connectivity index (χ2n) is 5.32. The lowest BCUT2D eigenvalue weighted by atomic mass is 10.2. The first-order chi connectivity index (χ1) is 12.4. The Labute approximate surface area is 159 Å². The SMILES string of the molecule is O=C(CCc1nc(-c2ccc(F)cc2)no1)Nc1cc(F)c(I)c(F)c1. The van der Waals surface area contributed by atoms with Crippen molar-refractivity contribution in [2.24, 2.45) is 0 Å². The van der Waals surface area contributed by atoms with Crippen LogP contribution in [0.3, 0.4) is 0 Å². The van der Waals surface area contributed by atoms with Crippen LogP contribution in [0.2, 0.25) is 0 Å². The minimum atomic E-state index is -0.748. The molecular formula is C17H11F3IN3O2. The van der Waals surface area contributed by atoms with Gasteiger partial charge in [0.05, 0.1) is 3.57 Å². The number of carbonyl (C=O) groups is 1. The molecule has 26 heavy (non-hydrogen) atoms. The van der Waals surface area contributed by atoms with E-state index in [-0.39, 0.29) is 39.6 Å². The van der Waals surface area contributed by atoms with Crippen LogP contribution in [0, 0.1) is 21.0 Å². The lowest BCUT2D eigenvalue weighted by molar-refractivity contribution is -0.116. The minimum absolute atomic E-state index is 0.0136. The molecule has 0 saturated heterocycles. The summed E-state index contributed by atoms with van der Waals surface area (Å²) < 4.78 is 44.8. The molecular weight excluding hydrogens is 462 g/mol. The molecule has 1 heterocycles. The molecule has 5 nitrogen and oxygen atoms in total. The molecule has 0 bridgehead atoms. The minimum Gasteiger partial charge on any atom is -0.339 e. The molecule has 0 atom stereocenters. The molecule has 1 aromatic heterocycles. The molecule has 0 aliphatic rings. The number of anilines is 1. The lowest BCUT2D eigenvalue weighted by Gasteiger charge is -2.06. The van der Waals surface area contributed by atoms with E-state index in [1.807, 2.05) is 0 Å². The third-order valence-corrected chi connectivity index (χ3v) is 4.43. The molecule has 3 aromatic rings. The number of amides is 1. The average Bonchev–Trinajstić information content (AvgIpc) is 3.07. The zero-order valence-electron chi connectivity index (χ0n) is 13.1. The van der Waals surface area contributed by atoms with Crippen LogP contribution < -0.4 is 5.32 Å². The third-order valence-electron chi connectivity index (χ3n) is 3.40. The Morgan fingerprint density at radius 1 is 1.12 bits per heavy atom. The first-order valence-electron chi connectivity index (χ1n) is 7.45. The number of benzene rings is 2. The first-order valence-corrected chi connectivity index (χ1v) is 8.53. The van der Waals surface area contributed by atoms with Crippen molar-refractivity contribution in [2.75, 3.05) is 5.32 Å². The Morgan fingerprint density at radius 2 is 1.77 bits per heavy atom. The summed E-state index contributed by atoms with van der Waals surface area (Å²) in [6.07, 6.45) is 0.135. The first kappa shape index (κ1) is 18.4. The van der Waals surface area contributed by atoms with Crippen LogP contribution in [-0.4, -0.2) is 16.0 Å². The van der Waals surface area contributed by atoms with Gasteiger partial charge in [0.25, 0.3) is 0 Å². The highest BCUT2D eigenvalue weighted by molar-refractivity contribution is 14.1. The third kappa shape index (κ3) is 4.40. The van der Waals surface area contributed by atoms with Gasteiger partial charge in [-0.3, -0.25) is 4.79 Å². The number of hydrogen-bond donors (Lipinski definition) is 1. The molecule has 0 saturated carbocycles. The summed E-state index contributed by atoms with van der Waals surface area (Å²) in [5.41, 5.74) is 0.610. The number of halogens is 4. The predicted molar refractivity (Wildman–Crippen MR) is 95.7 cm³/mol. The van der Waals surface area contributed by atoms with E-state index >= 15 is 0 Å². The summed E-state index contributed by atoms with van der Waals surface area (Å²) in [5.74, 6) is -1.82. The molecule has 0 aliphatic heterocycles. The Balaban J connectivity index is 1.59. The molecule has 3 rings (SSSR count). The van der Waals surface area contributed by atoms with Crippen molar-refractivity contribution in [3.63, 3.8) is 0 Å². The van der Waals surface area contributed by atoms with Gasteiger partial charge in [0.15, 0.2) is 0 Å². The predicted octanol–water partition coefficient (Wildman–Crippen LogP) is 4.33. The molecule has 9 heteroatoms. The Kier molecular flexibility index (Phi) is 5.55. The highest BCUT2D eigenvalue weighted by atomic mass is 127. The van der Waals surface area contributed by atoms with Crippen LogP contribution >= 0.6 is 22.6 Å². The summed E-state index contributed by atoms with van der Waals surface area (Å²) in [7, 11) is 0. The smallest absolute Gasteiger partial charge is 0.227 e. The normalized spacial score (nSPS) is 10.8. The summed E-state index contributed by atoms with van der Waals surface area (Å²) in [6.45, 7) is 0. The van der Waals surface area contributed by atoms with Crippen LogP contribution in [0.15, 0.2) is 40.9 Å². The largest absolute Gasteiger partial charge is 0.339 e. The fraction of sp³-hybridized carbons (Fsp3) is 0.118. The molecule has 0 fully saturated rings. The van der Waals surface area contributed by atoms with Crippen LogP contribution in [0.1, 0.15) is 12.3 Å². The molecule has 134 valence electrons. The van der Waals surface area contributed by atoms with Crippen molar-refractivity contribution < 1.29 is 22.5 Å². The highest BCUT2D eigenvalue weighted by Crippen LogP contribution is 2.21. The number of aromatic nitrogens is 2. The number of nitrogens with one attached hydrogen (secondary N) is 1. The highest BCUT2D eigenvalue weighted by Gasteiger charge is 2.13.